The van der Waals surface area contributed by atoms with E-state index in [1.165, 1.54) is 16.7 Å². The highest BCUT2D eigenvalue weighted by atomic mass is 32.2. The summed E-state index contributed by atoms with van der Waals surface area (Å²) in [5.41, 5.74) is 0.699. The fraction of sp³-hybridized carbons (Fsp3) is 0.333. The van der Waals surface area contributed by atoms with Crippen LogP contribution >= 0.6 is 11.8 Å². The van der Waals surface area contributed by atoms with Crippen molar-refractivity contribution in [3.05, 3.63) is 65.7 Å². The molecule has 176 valence electrons. The molecule has 2 aliphatic heterocycles. The van der Waals surface area contributed by atoms with E-state index in [0.29, 0.717) is 17.7 Å². The van der Waals surface area contributed by atoms with Gasteiger partial charge in [-0.05, 0) is 24.1 Å². The summed E-state index contributed by atoms with van der Waals surface area (Å²) < 4.78 is 4.73. The smallest absolute Gasteiger partial charge is 0.411 e. The molecule has 0 radical (unpaired) electrons. The van der Waals surface area contributed by atoms with E-state index >= 15 is 0 Å². The van der Waals surface area contributed by atoms with Crippen molar-refractivity contribution in [3.63, 3.8) is 0 Å². The van der Waals surface area contributed by atoms with Crippen LogP contribution in [-0.4, -0.2) is 55.6 Å². The van der Waals surface area contributed by atoms with Crippen molar-refractivity contribution >= 4 is 41.3 Å². The van der Waals surface area contributed by atoms with Crippen molar-refractivity contribution < 1.29 is 29.0 Å². The summed E-state index contributed by atoms with van der Waals surface area (Å²) in [6.07, 6.45) is -0.282. The molecular formula is C24H23N3O6S. The van der Waals surface area contributed by atoms with Crippen molar-refractivity contribution in [2.24, 2.45) is 0 Å². The van der Waals surface area contributed by atoms with Gasteiger partial charge in [0.1, 0.15) is 18.0 Å². The summed E-state index contributed by atoms with van der Waals surface area (Å²) in [5.74, 6) is -1.76. The third-order valence-corrected chi connectivity index (χ3v) is 8.39. The summed E-state index contributed by atoms with van der Waals surface area (Å²) >= 11 is 1.43. The second-order valence-corrected chi connectivity index (χ2v) is 10.5. The number of carbonyl (C=O) groups is 4. The lowest BCUT2D eigenvalue weighted by atomic mass is 10.00. The molecular weight excluding hydrogens is 458 g/mol. The minimum absolute atomic E-state index is 0.0579. The Balaban J connectivity index is 1.18. The number of carboxylic acid groups (broad SMARTS) is 1. The molecule has 3 amide bonds. The van der Waals surface area contributed by atoms with E-state index in [1.807, 2.05) is 37.3 Å². The first-order valence-electron chi connectivity index (χ1n) is 10.8. The lowest BCUT2D eigenvalue weighted by Crippen LogP contribution is -2.72. The summed E-state index contributed by atoms with van der Waals surface area (Å²) in [4.78, 5) is 50.9. The van der Waals surface area contributed by atoms with Crippen LogP contribution in [-0.2, 0) is 32.1 Å². The number of hydrogen-bond donors (Lipinski definition) is 3. The van der Waals surface area contributed by atoms with Gasteiger partial charge in [0.25, 0.3) is 0 Å². The van der Waals surface area contributed by atoms with Gasteiger partial charge in [0, 0.05) is 12.1 Å². The molecule has 2 aromatic carbocycles. The Bertz CT molecular complexity index is 1190. The summed E-state index contributed by atoms with van der Waals surface area (Å²) in [6, 6.07) is 15.4. The Morgan fingerprint density at radius 1 is 1.15 bits per heavy atom. The number of nitrogens with one attached hydrogen (secondary N) is 2. The number of β-lactam (4-membered cyclic amide) rings is 1. The first-order valence-corrected chi connectivity index (χ1v) is 11.7. The molecule has 9 nitrogen and oxygen atoms in total. The number of thioether (sulfide) groups is 1. The number of amides is 3. The average molecular weight is 482 g/mol. The monoisotopic (exact) mass is 481 g/mol. The van der Waals surface area contributed by atoms with Crippen LogP contribution < -0.4 is 10.6 Å². The van der Waals surface area contributed by atoms with Gasteiger partial charge in [0.2, 0.25) is 11.8 Å². The third-order valence-electron chi connectivity index (χ3n) is 6.67. The van der Waals surface area contributed by atoms with Gasteiger partial charge in [-0.2, -0.15) is 0 Å². The number of ether oxygens (including phenoxy) is 1. The number of aliphatic carboxylic acids is 1. The topological polar surface area (TPSA) is 125 Å². The molecule has 5 rings (SSSR count). The molecule has 3 N–H and O–H groups in total. The molecule has 1 aliphatic carbocycles. The summed E-state index contributed by atoms with van der Waals surface area (Å²) in [6.45, 7) is 1.96. The molecule has 3 aliphatic rings. The fourth-order valence-electron chi connectivity index (χ4n) is 4.78. The van der Waals surface area contributed by atoms with Gasteiger partial charge in [-0.25, -0.2) is 9.59 Å². The molecule has 1 unspecified atom stereocenters. The van der Waals surface area contributed by atoms with Gasteiger partial charge in [0.15, 0.2) is 5.54 Å². The van der Waals surface area contributed by atoms with Crippen LogP contribution in [0.2, 0.25) is 0 Å². The minimum atomic E-state index is -1.16. The number of carbonyl (C=O) groups excluding carboxylic acids is 3. The molecule has 4 atom stereocenters. The maximum atomic E-state index is 12.7. The maximum Gasteiger partial charge on any atom is 0.411 e. The molecule has 2 aromatic rings. The molecule has 10 heteroatoms. The number of hydrogen-bond acceptors (Lipinski definition) is 6. The first kappa shape index (κ1) is 22.3. The van der Waals surface area contributed by atoms with E-state index in [9.17, 15) is 24.3 Å². The summed E-state index contributed by atoms with van der Waals surface area (Å²) in [7, 11) is 0. The Morgan fingerprint density at radius 2 is 1.85 bits per heavy atom. The number of para-hydroxylation sites is 1. The van der Waals surface area contributed by atoms with E-state index in [1.54, 1.807) is 24.3 Å². The quantitative estimate of drug-likeness (QED) is 0.519. The molecule has 0 bridgehead atoms. The second kappa shape index (κ2) is 8.05. The van der Waals surface area contributed by atoms with Gasteiger partial charge in [-0.15, -0.1) is 11.8 Å². The van der Waals surface area contributed by atoms with Crippen LogP contribution in [0.5, 0.6) is 0 Å². The van der Waals surface area contributed by atoms with Crippen LogP contribution in [0, 0.1) is 0 Å². The molecule has 1 saturated carbocycles. The van der Waals surface area contributed by atoms with Crippen molar-refractivity contribution in [1.29, 1.82) is 0 Å². The minimum Gasteiger partial charge on any atom is -0.479 e. The van der Waals surface area contributed by atoms with Gasteiger partial charge in [-0.3, -0.25) is 14.9 Å². The zero-order valence-corrected chi connectivity index (χ0v) is 19.1. The molecule has 0 aromatic heterocycles. The van der Waals surface area contributed by atoms with E-state index in [0.717, 1.165) is 5.56 Å². The van der Waals surface area contributed by atoms with E-state index in [-0.39, 0.29) is 30.2 Å². The molecule has 2 saturated heterocycles. The molecule has 0 spiro atoms. The van der Waals surface area contributed by atoms with Crippen LogP contribution in [0.25, 0.3) is 0 Å². The zero-order chi connectivity index (χ0) is 24.1. The van der Waals surface area contributed by atoms with Crippen molar-refractivity contribution in [2.75, 3.05) is 5.32 Å². The van der Waals surface area contributed by atoms with E-state index < -0.39 is 28.4 Å². The lowest BCUT2D eigenvalue weighted by molar-refractivity contribution is -0.163. The number of benzene rings is 2. The van der Waals surface area contributed by atoms with Crippen LogP contribution in [0.15, 0.2) is 54.6 Å². The van der Waals surface area contributed by atoms with Crippen molar-refractivity contribution in [3.8, 4) is 0 Å². The van der Waals surface area contributed by atoms with Gasteiger partial charge in [0.05, 0.1) is 11.2 Å². The first-order chi connectivity index (χ1) is 16.2. The van der Waals surface area contributed by atoms with Crippen molar-refractivity contribution in [2.45, 2.75) is 48.1 Å². The highest BCUT2D eigenvalue weighted by molar-refractivity contribution is 8.02. The number of anilines is 1. The molecule has 2 heterocycles. The number of nitrogens with zero attached hydrogens (tertiary/aromatic N) is 1. The molecule has 34 heavy (non-hydrogen) atoms. The third kappa shape index (κ3) is 3.49. The predicted molar refractivity (Wildman–Crippen MR) is 124 cm³/mol. The number of carboxylic acids is 1. The Kier molecular flexibility index (Phi) is 5.27. The lowest BCUT2D eigenvalue weighted by Gasteiger charge is -2.45. The van der Waals surface area contributed by atoms with Crippen molar-refractivity contribution in [1.82, 2.24) is 10.2 Å². The summed E-state index contributed by atoms with van der Waals surface area (Å²) in [5, 5.41) is 14.7. The Labute approximate surface area is 199 Å². The van der Waals surface area contributed by atoms with Crippen LogP contribution in [0.3, 0.4) is 0 Å². The zero-order valence-electron chi connectivity index (χ0n) is 18.3. The van der Waals surface area contributed by atoms with E-state index in [4.69, 9.17) is 4.74 Å². The second-order valence-electron chi connectivity index (χ2n) is 8.86. The van der Waals surface area contributed by atoms with E-state index in [2.05, 4.69) is 10.6 Å². The van der Waals surface area contributed by atoms with Gasteiger partial charge < -0.3 is 20.1 Å². The SMILES string of the molecule is CC12C[C@]1(C(=O)O)N1C(=O)[C@@H](NC(=O)Cc3ccccc3NC(=O)OCc3ccccc3)[C@H]1S2. The number of fused-ring (bicyclic) bond motifs is 3. The highest BCUT2D eigenvalue weighted by Gasteiger charge is 2.85. The van der Waals surface area contributed by atoms with Gasteiger partial charge >= 0.3 is 12.1 Å². The van der Waals surface area contributed by atoms with Gasteiger partial charge in [-0.1, -0.05) is 48.5 Å². The van der Waals surface area contributed by atoms with Crippen LogP contribution in [0.4, 0.5) is 10.5 Å². The van der Waals surface area contributed by atoms with Crippen LogP contribution in [0.1, 0.15) is 24.5 Å². The highest BCUT2D eigenvalue weighted by Crippen LogP contribution is 2.71. The predicted octanol–water partition coefficient (Wildman–Crippen LogP) is 2.36. The maximum absolute atomic E-state index is 12.7. The Morgan fingerprint density at radius 3 is 2.59 bits per heavy atom. The normalized spacial score (nSPS) is 28.3. The largest absolute Gasteiger partial charge is 0.479 e. The molecule has 3 fully saturated rings. The average Bonchev–Trinajstić information content (AvgIpc) is 3.35. The standard InChI is InChI=1S/C24H23N3O6S/c1-23-13-24(23,21(30)31)27-19(29)18(20(27)34-23)26-17(28)11-15-9-5-6-10-16(15)25-22(32)33-12-14-7-3-2-4-8-14/h2-10,18,20H,11-13H2,1H3,(H,25,32)(H,26,28)(H,30,31)/t18-,20-,23?,24-/m1/s1. The Hall–Kier alpha value is -3.53. The number of rotatable bonds is 7. The fourth-order valence-corrected chi connectivity index (χ4v) is 6.70.